The van der Waals surface area contributed by atoms with Gasteiger partial charge in [-0.3, -0.25) is 0 Å². The second-order valence-electron chi connectivity index (χ2n) is 4.07. The standard InChI is InChI=1S/C13H12ClNO5S/c14-11-6-8(3-4-9-2-1-5-18-9)10(13(16)17)7-12(11)21-20-19-15/h1-2,5-7H,3-4,15H2,(H,16,17). The van der Waals surface area contributed by atoms with Gasteiger partial charge < -0.3 is 9.52 Å². The van der Waals surface area contributed by atoms with Crippen LogP contribution in [-0.2, 0) is 22.2 Å². The molecule has 2 aromatic rings. The van der Waals surface area contributed by atoms with E-state index in [2.05, 4.69) is 9.32 Å². The van der Waals surface area contributed by atoms with Crippen LogP contribution >= 0.6 is 23.6 Å². The first kappa shape index (κ1) is 15.9. The molecule has 0 aliphatic heterocycles. The zero-order valence-electron chi connectivity index (χ0n) is 10.7. The van der Waals surface area contributed by atoms with E-state index in [1.807, 2.05) is 6.07 Å². The molecule has 1 heterocycles. The van der Waals surface area contributed by atoms with Crippen molar-refractivity contribution in [2.75, 3.05) is 0 Å². The Hall–Kier alpha value is -1.51. The van der Waals surface area contributed by atoms with Crippen LogP contribution in [0.2, 0.25) is 5.02 Å². The molecule has 0 unspecified atom stereocenters. The zero-order chi connectivity index (χ0) is 15.2. The van der Waals surface area contributed by atoms with Gasteiger partial charge in [-0.1, -0.05) is 11.6 Å². The molecule has 0 aliphatic rings. The molecule has 0 radical (unpaired) electrons. The van der Waals surface area contributed by atoms with Crippen LogP contribution in [0.5, 0.6) is 0 Å². The first-order chi connectivity index (χ1) is 10.1. The number of benzene rings is 1. The van der Waals surface area contributed by atoms with Crippen LogP contribution in [0.15, 0.2) is 39.8 Å². The predicted octanol–water partition coefficient (Wildman–Crippen LogP) is 3.25. The van der Waals surface area contributed by atoms with E-state index in [-0.39, 0.29) is 5.56 Å². The number of hydrogen-bond donors (Lipinski definition) is 2. The van der Waals surface area contributed by atoms with Crippen molar-refractivity contribution in [1.29, 1.82) is 0 Å². The third-order valence-electron chi connectivity index (χ3n) is 2.77. The molecule has 1 aromatic heterocycles. The Balaban J connectivity index is 2.22. The molecule has 112 valence electrons. The Morgan fingerprint density at radius 2 is 2.24 bits per heavy atom. The van der Waals surface area contributed by atoms with Crippen molar-refractivity contribution in [3.05, 3.63) is 52.4 Å². The Labute approximate surface area is 129 Å². The smallest absolute Gasteiger partial charge is 0.336 e. The summed E-state index contributed by atoms with van der Waals surface area (Å²) in [5.41, 5.74) is 0.760. The molecule has 2 rings (SSSR count). The molecule has 0 spiro atoms. The highest BCUT2D eigenvalue weighted by atomic mass is 35.5. The summed E-state index contributed by atoms with van der Waals surface area (Å²) >= 11 is 6.83. The minimum Gasteiger partial charge on any atom is -0.478 e. The van der Waals surface area contributed by atoms with Gasteiger partial charge in [0.15, 0.2) is 0 Å². The van der Waals surface area contributed by atoms with Crippen molar-refractivity contribution < 1.29 is 23.6 Å². The first-order valence-electron chi connectivity index (χ1n) is 5.90. The Bertz CT molecular complexity index is 617. The molecule has 0 bridgehead atoms. The molecule has 0 saturated heterocycles. The average Bonchev–Trinajstić information content (AvgIpc) is 2.97. The van der Waals surface area contributed by atoms with Crippen LogP contribution in [-0.4, -0.2) is 11.1 Å². The number of carboxylic acid groups (broad SMARTS) is 1. The highest BCUT2D eigenvalue weighted by Gasteiger charge is 2.15. The Kier molecular flexibility index (Phi) is 5.66. The fraction of sp³-hybridized carbons (Fsp3) is 0.154. The third-order valence-corrected chi connectivity index (χ3v) is 3.86. The van der Waals surface area contributed by atoms with Gasteiger partial charge in [0.2, 0.25) is 0 Å². The summed E-state index contributed by atoms with van der Waals surface area (Å²) in [6.45, 7) is 0. The van der Waals surface area contributed by atoms with Crippen LogP contribution in [0.25, 0.3) is 0 Å². The van der Waals surface area contributed by atoms with E-state index in [9.17, 15) is 9.90 Å². The number of furan rings is 1. The van der Waals surface area contributed by atoms with Crippen molar-refractivity contribution >= 4 is 29.6 Å². The lowest BCUT2D eigenvalue weighted by atomic mass is 10.0. The minimum atomic E-state index is -1.04. The number of halogens is 1. The number of hydrogen-bond acceptors (Lipinski definition) is 6. The summed E-state index contributed by atoms with van der Waals surface area (Å²) in [5, 5.41) is 9.65. The number of carboxylic acids is 1. The van der Waals surface area contributed by atoms with E-state index in [1.54, 1.807) is 18.4 Å². The van der Waals surface area contributed by atoms with Crippen molar-refractivity contribution in [2.45, 2.75) is 17.7 Å². The molecule has 3 N–H and O–H groups in total. The van der Waals surface area contributed by atoms with Gasteiger partial charge in [-0.25, -0.2) is 4.79 Å². The maximum absolute atomic E-state index is 11.3. The second kappa shape index (κ2) is 7.48. The molecule has 0 atom stereocenters. The zero-order valence-corrected chi connectivity index (χ0v) is 12.3. The fourth-order valence-corrected chi connectivity index (χ4v) is 2.53. The molecule has 1 aromatic carbocycles. The lowest BCUT2D eigenvalue weighted by Crippen LogP contribution is -2.05. The van der Waals surface area contributed by atoms with Crippen LogP contribution < -0.4 is 5.90 Å². The maximum Gasteiger partial charge on any atom is 0.336 e. The van der Waals surface area contributed by atoms with E-state index in [4.69, 9.17) is 21.9 Å². The number of aryl methyl sites for hydroxylation is 2. The highest BCUT2D eigenvalue weighted by Crippen LogP contribution is 2.31. The SMILES string of the molecule is NOOSc1cc(C(=O)O)c(CCc2ccco2)cc1Cl. The summed E-state index contributed by atoms with van der Waals surface area (Å²) in [5.74, 6) is 4.48. The molecule has 21 heavy (non-hydrogen) atoms. The van der Waals surface area contributed by atoms with Gasteiger partial charge in [0.1, 0.15) is 5.76 Å². The van der Waals surface area contributed by atoms with Crippen molar-refractivity contribution in [2.24, 2.45) is 5.90 Å². The summed E-state index contributed by atoms with van der Waals surface area (Å²) in [4.78, 5) is 15.7. The van der Waals surface area contributed by atoms with Crippen LogP contribution in [0.3, 0.4) is 0 Å². The molecule has 0 fully saturated rings. The van der Waals surface area contributed by atoms with E-state index < -0.39 is 5.97 Å². The molecule has 6 nitrogen and oxygen atoms in total. The first-order valence-corrected chi connectivity index (χ1v) is 7.02. The normalized spacial score (nSPS) is 10.8. The van der Waals surface area contributed by atoms with Crippen LogP contribution in [0.1, 0.15) is 21.7 Å². The van der Waals surface area contributed by atoms with E-state index in [1.165, 1.54) is 6.07 Å². The number of nitrogens with two attached hydrogens (primary N) is 1. The van der Waals surface area contributed by atoms with E-state index in [0.717, 1.165) is 17.8 Å². The fourth-order valence-electron chi connectivity index (χ4n) is 1.83. The van der Waals surface area contributed by atoms with Gasteiger partial charge >= 0.3 is 5.97 Å². The molecule has 0 saturated carbocycles. The molecule has 0 amide bonds. The topological polar surface area (TPSA) is 94.9 Å². The van der Waals surface area contributed by atoms with Crippen LogP contribution in [0.4, 0.5) is 0 Å². The molecular formula is C13H12ClNO5S. The van der Waals surface area contributed by atoms with E-state index in [0.29, 0.717) is 28.3 Å². The maximum atomic E-state index is 11.3. The van der Waals surface area contributed by atoms with Crippen LogP contribution in [0, 0.1) is 0 Å². The lowest BCUT2D eigenvalue weighted by Gasteiger charge is -2.09. The van der Waals surface area contributed by atoms with Gasteiger partial charge in [-0.2, -0.15) is 5.90 Å². The predicted molar refractivity (Wildman–Crippen MR) is 76.7 cm³/mol. The molecule has 0 aliphatic carbocycles. The van der Waals surface area contributed by atoms with Crippen molar-refractivity contribution in [1.82, 2.24) is 0 Å². The largest absolute Gasteiger partial charge is 0.478 e. The van der Waals surface area contributed by atoms with Gasteiger partial charge in [-0.15, -0.1) is 9.32 Å². The summed E-state index contributed by atoms with van der Waals surface area (Å²) in [6.07, 6.45) is 2.65. The molecule has 8 heteroatoms. The monoisotopic (exact) mass is 329 g/mol. The summed E-state index contributed by atoms with van der Waals surface area (Å²) < 4.78 is 9.72. The van der Waals surface area contributed by atoms with Gasteiger partial charge in [0, 0.05) is 6.42 Å². The second-order valence-corrected chi connectivity index (χ2v) is 5.22. The Morgan fingerprint density at radius 3 is 2.86 bits per heavy atom. The average molecular weight is 330 g/mol. The number of carbonyl (C=O) groups is 1. The molecular weight excluding hydrogens is 318 g/mol. The Morgan fingerprint density at radius 1 is 1.43 bits per heavy atom. The summed E-state index contributed by atoms with van der Waals surface area (Å²) in [7, 11) is 0. The lowest BCUT2D eigenvalue weighted by molar-refractivity contribution is -0.195. The van der Waals surface area contributed by atoms with Crippen molar-refractivity contribution in [3.63, 3.8) is 0 Å². The minimum absolute atomic E-state index is 0.147. The van der Waals surface area contributed by atoms with Gasteiger partial charge in [-0.05, 0) is 36.2 Å². The van der Waals surface area contributed by atoms with Gasteiger partial charge in [0.05, 0.1) is 33.8 Å². The third kappa shape index (κ3) is 4.23. The van der Waals surface area contributed by atoms with Gasteiger partial charge in [0.25, 0.3) is 0 Å². The number of aromatic carboxylic acids is 1. The highest BCUT2D eigenvalue weighted by molar-refractivity contribution is 7.94. The summed E-state index contributed by atoms with van der Waals surface area (Å²) in [6, 6.07) is 6.63. The number of rotatable bonds is 7. The van der Waals surface area contributed by atoms with Crippen molar-refractivity contribution in [3.8, 4) is 0 Å². The quantitative estimate of drug-likeness (QED) is 0.457. The van der Waals surface area contributed by atoms with E-state index >= 15 is 0 Å².